The molecular formula is C18H29N4O5PS. The Balaban J connectivity index is 3.09. The fourth-order valence-corrected chi connectivity index (χ4v) is 3.78. The van der Waals surface area contributed by atoms with E-state index in [1.54, 1.807) is 20.0 Å². The molecule has 11 heteroatoms. The molecule has 0 aliphatic heterocycles. The molecule has 0 aromatic carbocycles. The molecule has 1 aromatic rings. The van der Waals surface area contributed by atoms with E-state index in [1.165, 1.54) is 4.90 Å². The zero-order chi connectivity index (χ0) is 22.0. The highest BCUT2D eigenvalue weighted by molar-refractivity contribution is 8.17. The van der Waals surface area contributed by atoms with E-state index in [9.17, 15) is 9.59 Å². The van der Waals surface area contributed by atoms with Gasteiger partial charge < -0.3 is 24.9 Å². The summed E-state index contributed by atoms with van der Waals surface area (Å²) in [5.41, 5.74) is 7.07. The smallest absolute Gasteiger partial charge is 0.327 e. The third-order valence-corrected chi connectivity index (χ3v) is 5.97. The van der Waals surface area contributed by atoms with Crippen LogP contribution in [0.25, 0.3) is 0 Å². The quantitative estimate of drug-likeness (QED) is 0.328. The lowest BCUT2D eigenvalue weighted by molar-refractivity contribution is -0.117. The summed E-state index contributed by atoms with van der Waals surface area (Å²) < 4.78 is 4.85. The third-order valence-electron chi connectivity index (χ3n) is 4.20. The maximum atomic E-state index is 12.6. The van der Waals surface area contributed by atoms with Crippen LogP contribution in [0.15, 0.2) is 16.8 Å². The Kier molecular flexibility index (Phi) is 11.3. The number of hydrogen-bond acceptors (Lipinski definition) is 9. The number of nitrogens with two attached hydrogens (primary N) is 1. The molecule has 0 aliphatic rings. The van der Waals surface area contributed by atoms with Gasteiger partial charge in [0, 0.05) is 34.7 Å². The second-order valence-corrected chi connectivity index (χ2v) is 8.38. The van der Waals surface area contributed by atoms with Crippen molar-refractivity contribution in [2.75, 3.05) is 12.3 Å². The SMILES string of the molecule is CCCC(C)C(=O)S/C(CCOP(O)O)=C(/C)N(C=O)Cc1cnc(C)nc1N. The number of carbonyl (C=O) groups is 2. The molecule has 1 amide bonds. The minimum atomic E-state index is -2.49. The Morgan fingerprint density at radius 3 is 2.72 bits per heavy atom. The number of aromatic nitrogens is 2. The maximum Gasteiger partial charge on any atom is 0.327 e. The zero-order valence-electron chi connectivity index (χ0n) is 17.2. The Hall–Kier alpha value is -1.58. The number of anilines is 1. The topological polar surface area (TPSA) is 139 Å². The highest BCUT2D eigenvalue weighted by Gasteiger charge is 2.20. The van der Waals surface area contributed by atoms with Crippen molar-refractivity contribution in [1.29, 1.82) is 0 Å². The van der Waals surface area contributed by atoms with Crippen LogP contribution in [0, 0.1) is 12.8 Å². The summed E-state index contributed by atoms with van der Waals surface area (Å²) in [5, 5.41) is -0.0134. The Morgan fingerprint density at radius 1 is 1.48 bits per heavy atom. The average molecular weight is 444 g/mol. The molecule has 4 N–H and O–H groups in total. The molecule has 1 heterocycles. The Morgan fingerprint density at radius 2 is 2.17 bits per heavy atom. The number of nitrogens with zero attached hydrogens (tertiary/aromatic N) is 3. The van der Waals surface area contributed by atoms with E-state index in [-0.39, 0.29) is 36.4 Å². The second-order valence-electron chi connectivity index (χ2n) is 6.52. The minimum Gasteiger partial charge on any atom is -0.383 e. The van der Waals surface area contributed by atoms with E-state index in [1.807, 2.05) is 13.8 Å². The summed E-state index contributed by atoms with van der Waals surface area (Å²) in [6.45, 7) is 7.48. The first-order valence-electron chi connectivity index (χ1n) is 9.21. The molecule has 9 nitrogen and oxygen atoms in total. The van der Waals surface area contributed by atoms with Gasteiger partial charge in [-0.2, -0.15) is 0 Å². The van der Waals surface area contributed by atoms with Crippen LogP contribution >= 0.6 is 20.4 Å². The molecule has 0 saturated carbocycles. The van der Waals surface area contributed by atoms with E-state index in [0.29, 0.717) is 28.4 Å². The highest BCUT2D eigenvalue weighted by Crippen LogP contribution is 2.32. The van der Waals surface area contributed by atoms with Gasteiger partial charge in [-0.1, -0.05) is 32.0 Å². The summed E-state index contributed by atoms with van der Waals surface area (Å²) in [4.78, 5) is 52.5. The molecule has 1 rings (SSSR count). The average Bonchev–Trinajstić information content (AvgIpc) is 2.66. The van der Waals surface area contributed by atoms with Crippen molar-refractivity contribution in [1.82, 2.24) is 14.9 Å². The molecule has 0 saturated heterocycles. The molecule has 0 bridgehead atoms. The number of nitrogen functional groups attached to an aromatic ring is 1. The van der Waals surface area contributed by atoms with Crippen LogP contribution in [0.3, 0.4) is 0 Å². The molecule has 0 aliphatic carbocycles. The van der Waals surface area contributed by atoms with Crippen molar-refractivity contribution in [2.45, 2.75) is 53.5 Å². The third kappa shape index (κ3) is 8.76. The van der Waals surface area contributed by atoms with E-state index in [0.717, 1.165) is 24.6 Å². The molecule has 1 aromatic heterocycles. The van der Waals surface area contributed by atoms with Crippen LogP contribution in [0.2, 0.25) is 0 Å². The van der Waals surface area contributed by atoms with E-state index >= 15 is 0 Å². The molecular weight excluding hydrogens is 415 g/mol. The van der Waals surface area contributed by atoms with Gasteiger partial charge in [0.1, 0.15) is 11.6 Å². The van der Waals surface area contributed by atoms with Crippen LogP contribution in [0.1, 0.15) is 51.4 Å². The van der Waals surface area contributed by atoms with Gasteiger partial charge in [0.05, 0.1) is 13.2 Å². The van der Waals surface area contributed by atoms with E-state index < -0.39 is 8.60 Å². The lowest BCUT2D eigenvalue weighted by Crippen LogP contribution is -2.22. The van der Waals surface area contributed by atoms with E-state index in [4.69, 9.17) is 20.0 Å². The second kappa shape index (κ2) is 12.9. The lowest BCUT2D eigenvalue weighted by Gasteiger charge is -2.22. The predicted octanol–water partition coefficient (Wildman–Crippen LogP) is 2.87. The first-order chi connectivity index (χ1) is 13.7. The largest absolute Gasteiger partial charge is 0.383 e. The van der Waals surface area contributed by atoms with Gasteiger partial charge in [-0.05, 0) is 20.3 Å². The van der Waals surface area contributed by atoms with Gasteiger partial charge in [0.25, 0.3) is 0 Å². The summed E-state index contributed by atoms with van der Waals surface area (Å²) in [7, 11) is -2.49. The maximum absolute atomic E-state index is 12.6. The number of hydrogen-bond donors (Lipinski definition) is 3. The van der Waals surface area contributed by atoms with Crippen LogP contribution in [-0.4, -0.2) is 42.8 Å². The molecule has 0 spiro atoms. The number of rotatable bonds is 12. The van der Waals surface area contributed by atoms with Gasteiger partial charge in [0.2, 0.25) is 6.41 Å². The summed E-state index contributed by atoms with van der Waals surface area (Å²) >= 11 is 1.06. The van der Waals surface area contributed by atoms with Crippen molar-refractivity contribution >= 4 is 37.7 Å². The van der Waals surface area contributed by atoms with Crippen LogP contribution in [0.4, 0.5) is 5.82 Å². The van der Waals surface area contributed by atoms with E-state index in [2.05, 4.69) is 9.97 Å². The van der Waals surface area contributed by atoms with Crippen molar-refractivity contribution in [3.8, 4) is 0 Å². The lowest BCUT2D eigenvalue weighted by atomic mass is 10.1. The Bertz CT molecular complexity index is 732. The minimum absolute atomic E-state index is 0.0102. The molecule has 1 atom stereocenters. The summed E-state index contributed by atoms with van der Waals surface area (Å²) in [5.74, 6) is 0.686. The number of carbonyl (C=O) groups excluding carboxylic acids is 2. The number of thioether (sulfide) groups is 1. The summed E-state index contributed by atoms with van der Waals surface area (Å²) in [6, 6.07) is 0. The van der Waals surface area contributed by atoms with Crippen molar-refractivity contribution in [3.05, 3.63) is 28.2 Å². The van der Waals surface area contributed by atoms with Gasteiger partial charge >= 0.3 is 8.60 Å². The van der Waals surface area contributed by atoms with Crippen molar-refractivity contribution in [2.24, 2.45) is 5.92 Å². The highest BCUT2D eigenvalue weighted by atomic mass is 32.2. The van der Waals surface area contributed by atoms with Crippen LogP contribution in [-0.2, 0) is 20.7 Å². The van der Waals surface area contributed by atoms with Gasteiger partial charge in [-0.15, -0.1) is 0 Å². The van der Waals surface area contributed by atoms with Crippen molar-refractivity contribution in [3.63, 3.8) is 0 Å². The monoisotopic (exact) mass is 444 g/mol. The predicted molar refractivity (Wildman–Crippen MR) is 114 cm³/mol. The fourth-order valence-electron chi connectivity index (χ4n) is 2.51. The number of aryl methyl sites for hydroxylation is 1. The number of allylic oxidation sites excluding steroid dienone is 1. The molecule has 1 unspecified atom stereocenters. The molecule has 0 fully saturated rings. The van der Waals surface area contributed by atoms with Crippen molar-refractivity contribution < 1.29 is 23.9 Å². The zero-order valence-corrected chi connectivity index (χ0v) is 18.9. The van der Waals surface area contributed by atoms with Crippen LogP contribution in [0.5, 0.6) is 0 Å². The normalized spacial score (nSPS) is 13.2. The number of amides is 1. The Labute approximate surface area is 176 Å². The summed E-state index contributed by atoms with van der Waals surface area (Å²) in [6.07, 6.45) is 4.13. The van der Waals surface area contributed by atoms with Gasteiger partial charge in [0.15, 0.2) is 5.12 Å². The first kappa shape index (κ1) is 25.5. The molecule has 29 heavy (non-hydrogen) atoms. The van der Waals surface area contributed by atoms with Gasteiger partial charge in [-0.25, -0.2) is 9.97 Å². The fraction of sp³-hybridized carbons (Fsp3) is 0.556. The van der Waals surface area contributed by atoms with Gasteiger partial charge in [-0.3, -0.25) is 9.59 Å². The van der Waals surface area contributed by atoms with Crippen LogP contribution < -0.4 is 5.73 Å². The molecule has 162 valence electrons. The standard InChI is InChI=1S/C18H29N4O5PS/c1-5-6-12(2)18(24)29-16(7-8-27-28(25)26)13(3)22(11-23)10-15-9-20-14(4)21-17(15)19/h9,11-12,25-26H,5-8,10H2,1-4H3,(H2,19,20,21)/b16-13-. The first-order valence-corrected chi connectivity index (χ1v) is 11.2. The molecule has 0 radical (unpaired) electrons.